The Kier molecular flexibility index (Phi) is 2.85. The summed E-state index contributed by atoms with van der Waals surface area (Å²) in [6, 6.07) is 9.88. The van der Waals surface area contributed by atoms with Gasteiger partial charge in [0.05, 0.1) is 12.9 Å². The van der Waals surface area contributed by atoms with E-state index in [9.17, 15) is 4.79 Å². The molecule has 0 amide bonds. The van der Waals surface area contributed by atoms with Gasteiger partial charge in [-0.05, 0) is 5.56 Å². The lowest BCUT2D eigenvalue weighted by molar-refractivity contribution is 0.816. The van der Waals surface area contributed by atoms with Crippen LogP contribution >= 0.6 is 0 Å². The van der Waals surface area contributed by atoms with Crippen LogP contribution in [0.25, 0.3) is 11.2 Å². The van der Waals surface area contributed by atoms with Crippen LogP contribution in [0.2, 0.25) is 0 Å². The van der Waals surface area contributed by atoms with Gasteiger partial charge >= 0.3 is 0 Å². The lowest BCUT2D eigenvalue weighted by Crippen LogP contribution is -2.17. The molecule has 19 heavy (non-hydrogen) atoms. The number of H-pyrrole nitrogens is 1. The average Bonchev–Trinajstić information content (AvgIpc) is 2.83. The molecule has 6 heteroatoms. The Bertz CT molecular complexity index is 760. The highest BCUT2D eigenvalue weighted by atomic mass is 16.1. The minimum atomic E-state index is -0.209. The summed E-state index contributed by atoms with van der Waals surface area (Å²) in [5.41, 5.74) is 7.27. The van der Waals surface area contributed by atoms with E-state index in [1.54, 1.807) is 10.9 Å². The van der Waals surface area contributed by atoms with Crippen LogP contribution in [-0.4, -0.2) is 19.5 Å². The van der Waals surface area contributed by atoms with Crippen molar-refractivity contribution < 1.29 is 0 Å². The molecule has 0 unspecified atom stereocenters. The molecule has 96 valence electrons. The number of hydrogen-bond donors (Lipinski definition) is 2. The number of imidazole rings is 1. The Hall–Kier alpha value is -2.47. The van der Waals surface area contributed by atoms with Crippen molar-refractivity contribution in [2.24, 2.45) is 5.73 Å². The summed E-state index contributed by atoms with van der Waals surface area (Å²) in [5, 5.41) is 0. The fourth-order valence-corrected chi connectivity index (χ4v) is 2.03. The molecule has 0 fully saturated rings. The molecular formula is C13H13N5O. The van der Waals surface area contributed by atoms with E-state index in [4.69, 9.17) is 5.73 Å². The zero-order chi connectivity index (χ0) is 13.2. The van der Waals surface area contributed by atoms with E-state index in [2.05, 4.69) is 15.0 Å². The van der Waals surface area contributed by atoms with Crippen LogP contribution in [0.4, 0.5) is 0 Å². The predicted octanol–water partition coefficient (Wildman–Crippen LogP) is 0.627. The molecule has 0 radical (unpaired) electrons. The van der Waals surface area contributed by atoms with Gasteiger partial charge in [0, 0.05) is 6.54 Å². The molecule has 0 aliphatic rings. The number of aromatic amines is 1. The van der Waals surface area contributed by atoms with Crippen molar-refractivity contribution in [1.29, 1.82) is 0 Å². The van der Waals surface area contributed by atoms with E-state index in [-0.39, 0.29) is 12.1 Å². The van der Waals surface area contributed by atoms with Crippen molar-refractivity contribution in [3.05, 3.63) is 58.4 Å². The van der Waals surface area contributed by atoms with Crippen molar-refractivity contribution in [2.45, 2.75) is 13.1 Å². The maximum atomic E-state index is 12.0. The molecular weight excluding hydrogens is 242 g/mol. The number of aromatic nitrogens is 4. The van der Waals surface area contributed by atoms with E-state index >= 15 is 0 Å². The summed E-state index contributed by atoms with van der Waals surface area (Å²) in [6.45, 7) is 0.779. The molecule has 0 saturated heterocycles. The third-order valence-corrected chi connectivity index (χ3v) is 2.92. The van der Waals surface area contributed by atoms with Crippen LogP contribution in [-0.2, 0) is 13.1 Å². The standard InChI is InChI=1S/C13H13N5O/c14-6-10-16-12-11(13(19)17-10)18(8-15-12)7-9-4-2-1-3-5-9/h1-5,8H,6-7,14H2,(H,16,17,19). The minimum absolute atomic E-state index is 0.191. The van der Waals surface area contributed by atoms with E-state index < -0.39 is 0 Å². The molecule has 3 aromatic rings. The minimum Gasteiger partial charge on any atom is -0.324 e. The topological polar surface area (TPSA) is 89.6 Å². The molecule has 0 aliphatic heterocycles. The normalized spacial score (nSPS) is 11.0. The first-order valence-corrected chi connectivity index (χ1v) is 5.96. The van der Waals surface area contributed by atoms with Gasteiger partial charge in [-0.3, -0.25) is 4.79 Å². The molecule has 2 heterocycles. The maximum absolute atomic E-state index is 12.0. The number of benzene rings is 1. The van der Waals surface area contributed by atoms with Crippen molar-refractivity contribution in [2.75, 3.05) is 0 Å². The number of nitrogens with zero attached hydrogens (tertiary/aromatic N) is 3. The molecule has 3 rings (SSSR count). The number of nitrogens with one attached hydrogen (secondary N) is 1. The molecule has 3 N–H and O–H groups in total. The SMILES string of the molecule is NCc1nc2ncn(Cc3ccccc3)c2c(=O)[nH]1. The van der Waals surface area contributed by atoms with E-state index in [1.807, 2.05) is 30.3 Å². The van der Waals surface area contributed by atoms with Gasteiger partial charge in [-0.25, -0.2) is 9.97 Å². The predicted molar refractivity (Wildman–Crippen MR) is 71.6 cm³/mol. The lowest BCUT2D eigenvalue weighted by Gasteiger charge is -2.03. The molecule has 6 nitrogen and oxygen atoms in total. The average molecular weight is 255 g/mol. The molecule has 0 aliphatic carbocycles. The zero-order valence-electron chi connectivity index (χ0n) is 10.2. The Labute approximate surface area is 108 Å². The third-order valence-electron chi connectivity index (χ3n) is 2.92. The maximum Gasteiger partial charge on any atom is 0.277 e. The fraction of sp³-hybridized carbons (Fsp3) is 0.154. The molecule has 0 atom stereocenters. The van der Waals surface area contributed by atoms with Gasteiger partial charge in [-0.15, -0.1) is 0 Å². The van der Waals surface area contributed by atoms with Gasteiger partial charge < -0.3 is 15.3 Å². The highest BCUT2D eigenvalue weighted by Crippen LogP contribution is 2.09. The second-order valence-electron chi connectivity index (χ2n) is 4.25. The van der Waals surface area contributed by atoms with Gasteiger partial charge in [-0.1, -0.05) is 30.3 Å². The number of nitrogens with two attached hydrogens (primary N) is 1. The van der Waals surface area contributed by atoms with Crippen LogP contribution < -0.4 is 11.3 Å². The van der Waals surface area contributed by atoms with Crippen LogP contribution in [0, 0.1) is 0 Å². The van der Waals surface area contributed by atoms with Crippen LogP contribution in [0.3, 0.4) is 0 Å². The monoisotopic (exact) mass is 255 g/mol. The van der Waals surface area contributed by atoms with Gasteiger partial charge in [0.25, 0.3) is 5.56 Å². The largest absolute Gasteiger partial charge is 0.324 e. The highest BCUT2D eigenvalue weighted by Gasteiger charge is 2.10. The Morgan fingerprint density at radius 3 is 2.79 bits per heavy atom. The van der Waals surface area contributed by atoms with Crippen LogP contribution in [0.5, 0.6) is 0 Å². The molecule has 1 aromatic carbocycles. The van der Waals surface area contributed by atoms with Crippen LogP contribution in [0.1, 0.15) is 11.4 Å². The summed E-state index contributed by atoms with van der Waals surface area (Å²) < 4.78 is 1.79. The van der Waals surface area contributed by atoms with Crippen molar-refractivity contribution in [3.8, 4) is 0 Å². The van der Waals surface area contributed by atoms with E-state index in [0.29, 0.717) is 23.5 Å². The number of fused-ring (bicyclic) bond motifs is 1. The summed E-state index contributed by atoms with van der Waals surface area (Å²) >= 11 is 0. The number of rotatable bonds is 3. The second-order valence-corrected chi connectivity index (χ2v) is 4.25. The first-order chi connectivity index (χ1) is 9.28. The quantitative estimate of drug-likeness (QED) is 0.718. The third kappa shape index (κ3) is 2.13. The van der Waals surface area contributed by atoms with Crippen molar-refractivity contribution >= 4 is 11.2 Å². The zero-order valence-corrected chi connectivity index (χ0v) is 10.2. The summed E-state index contributed by atoms with van der Waals surface area (Å²) in [5.74, 6) is 0.447. The highest BCUT2D eigenvalue weighted by molar-refractivity contribution is 5.69. The van der Waals surface area contributed by atoms with Gasteiger partial charge in [0.2, 0.25) is 0 Å². The summed E-state index contributed by atoms with van der Waals surface area (Å²) in [7, 11) is 0. The second kappa shape index (κ2) is 4.66. The smallest absolute Gasteiger partial charge is 0.277 e. The lowest BCUT2D eigenvalue weighted by atomic mass is 10.2. The Morgan fingerprint density at radius 1 is 1.26 bits per heavy atom. The van der Waals surface area contributed by atoms with E-state index in [1.165, 1.54) is 0 Å². The Balaban J connectivity index is 2.08. The van der Waals surface area contributed by atoms with Gasteiger partial charge in [-0.2, -0.15) is 0 Å². The molecule has 0 spiro atoms. The molecule has 0 saturated carbocycles. The molecule has 2 aromatic heterocycles. The van der Waals surface area contributed by atoms with Gasteiger partial charge in [0.15, 0.2) is 11.2 Å². The first kappa shape index (κ1) is 11.6. The van der Waals surface area contributed by atoms with Crippen molar-refractivity contribution in [1.82, 2.24) is 19.5 Å². The number of hydrogen-bond acceptors (Lipinski definition) is 4. The summed E-state index contributed by atoms with van der Waals surface area (Å²) in [4.78, 5) is 23.0. The molecule has 0 bridgehead atoms. The van der Waals surface area contributed by atoms with Crippen molar-refractivity contribution in [3.63, 3.8) is 0 Å². The van der Waals surface area contributed by atoms with E-state index in [0.717, 1.165) is 5.56 Å². The summed E-state index contributed by atoms with van der Waals surface area (Å²) in [6.07, 6.45) is 1.63. The fourth-order valence-electron chi connectivity index (χ4n) is 2.03. The Morgan fingerprint density at radius 2 is 2.05 bits per heavy atom. The first-order valence-electron chi connectivity index (χ1n) is 5.96. The van der Waals surface area contributed by atoms with Gasteiger partial charge in [0.1, 0.15) is 5.82 Å². The van der Waals surface area contributed by atoms with Crippen LogP contribution in [0.15, 0.2) is 41.5 Å².